The van der Waals surface area contributed by atoms with Gasteiger partial charge in [-0.1, -0.05) is 5.16 Å². The molecule has 1 aromatic heterocycles. The summed E-state index contributed by atoms with van der Waals surface area (Å²) in [6.07, 6.45) is 0. The standard InChI is InChI=1S/C16H17N3O4/c1-9-13(10(2)23-18-9)7-19-14-6-12(17-11(3)20)4-5-15(14)22-8-16(19)21/h4-6H,7-8H2,1-3H3,(H,17,20). The molecule has 1 aliphatic heterocycles. The zero-order valence-electron chi connectivity index (χ0n) is 13.2. The lowest BCUT2D eigenvalue weighted by Crippen LogP contribution is -2.38. The number of fused-ring (bicyclic) bond motifs is 1. The van der Waals surface area contributed by atoms with Crippen LogP contribution in [0.1, 0.15) is 23.9 Å². The molecule has 2 heterocycles. The van der Waals surface area contributed by atoms with Gasteiger partial charge in [0, 0.05) is 18.2 Å². The molecule has 1 aliphatic rings. The van der Waals surface area contributed by atoms with Crippen molar-refractivity contribution in [3.05, 3.63) is 35.2 Å². The Labute approximate surface area is 133 Å². The SMILES string of the molecule is CC(=O)Nc1ccc2c(c1)N(Cc1c(C)noc1C)C(=O)CO2. The van der Waals surface area contributed by atoms with Crippen molar-refractivity contribution >= 4 is 23.2 Å². The summed E-state index contributed by atoms with van der Waals surface area (Å²) >= 11 is 0. The average molecular weight is 315 g/mol. The fraction of sp³-hybridized carbons (Fsp3) is 0.312. The molecule has 0 saturated heterocycles. The highest BCUT2D eigenvalue weighted by atomic mass is 16.5. The van der Waals surface area contributed by atoms with Crippen molar-refractivity contribution in [2.45, 2.75) is 27.3 Å². The lowest BCUT2D eigenvalue weighted by molar-refractivity contribution is -0.121. The summed E-state index contributed by atoms with van der Waals surface area (Å²) in [5, 5.41) is 6.63. The fourth-order valence-corrected chi connectivity index (χ4v) is 2.54. The molecular formula is C16H17N3O4. The molecular weight excluding hydrogens is 298 g/mol. The summed E-state index contributed by atoms with van der Waals surface area (Å²) in [5.41, 5.74) is 2.85. The van der Waals surface area contributed by atoms with Crippen molar-refractivity contribution < 1.29 is 18.8 Å². The molecule has 0 bridgehead atoms. The predicted octanol–water partition coefficient (Wildman–Crippen LogP) is 2.18. The van der Waals surface area contributed by atoms with Gasteiger partial charge < -0.3 is 19.5 Å². The molecule has 7 heteroatoms. The van der Waals surface area contributed by atoms with Crippen molar-refractivity contribution in [3.8, 4) is 5.75 Å². The first-order valence-electron chi connectivity index (χ1n) is 7.22. The monoisotopic (exact) mass is 315 g/mol. The number of amides is 2. The van der Waals surface area contributed by atoms with Crippen molar-refractivity contribution in [2.24, 2.45) is 0 Å². The van der Waals surface area contributed by atoms with E-state index in [4.69, 9.17) is 9.26 Å². The van der Waals surface area contributed by atoms with Gasteiger partial charge in [-0.2, -0.15) is 0 Å². The van der Waals surface area contributed by atoms with Crippen LogP contribution in [0.2, 0.25) is 0 Å². The highest BCUT2D eigenvalue weighted by Gasteiger charge is 2.28. The van der Waals surface area contributed by atoms with Gasteiger partial charge in [0.25, 0.3) is 5.91 Å². The highest BCUT2D eigenvalue weighted by Crippen LogP contribution is 2.36. The lowest BCUT2D eigenvalue weighted by Gasteiger charge is -2.29. The van der Waals surface area contributed by atoms with Crippen molar-refractivity contribution in [3.63, 3.8) is 0 Å². The molecule has 2 amide bonds. The molecule has 0 saturated carbocycles. The second kappa shape index (κ2) is 5.75. The number of nitrogens with zero attached hydrogens (tertiary/aromatic N) is 2. The smallest absolute Gasteiger partial charge is 0.265 e. The van der Waals surface area contributed by atoms with Gasteiger partial charge in [0.15, 0.2) is 6.61 Å². The number of rotatable bonds is 3. The van der Waals surface area contributed by atoms with E-state index in [2.05, 4.69) is 10.5 Å². The van der Waals surface area contributed by atoms with Crippen LogP contribution in [0.25, 0.3) is 0 Å². The number of hydrogen-bond donors (Lipinski definition) is 1. The molecule has 7 nitrogen and oxygen atoms in total. The zero-order valence-corrected chi connectivity index (χ0v) is 13.2. The molecule has 0 radical (unpaired) electrons. The van der Waals surface area contributed by atoms with Gasteiger partial charge in [0.05, 0.1) is 17.9 Å². The molecule has 0 aliphatic carbocycles. The quantitative estimate of drug-likeness (QED) is 0.938. The summed E-state index contributed by atoms with van der Waals surface area (Å²) in [7, 11) is 0. The van der Waals surface area contributed by atoms with Crippen LogP contribution in [0.4, 0.5) is 11.4 Å². The molecule has 2 aromatic rings. The first kappa shape index (κ1) is 15.1. The molecule has 120 valence electrons. The molecule has 1 N–H and O–H groups in total. The maximum absolute atomic E-state index is 12.3. The average Bonchev–Trinajstić information content (AvgIpc) is 2.81. The Balaban J connectivity index is 1.98. The van der Waals surface area contributed by atoms with E-state index < -0.39 is 0 Å². The molecule has 23 heavy (non-hydrogen) atoms. The van der Waals surface area contributed by atoms with Crippen molar-refractivity contribution in [1.82, 2.24) is 5.16 Å². The predicted molar refractivity (Wildman–Crippen MR) is 83.4 cm³/mol. The second-order valence-corrected chi connectivity index (χ2v) is 5.43. The minimum Gasteiger partial charge on any atom is -0.482 e. The maximum Gasteiger partial charge on any atom is 0.265 e. The summed E-state index contributed by atoms with van der Waals surface area (Å²) in [6.45, 7) is 5.42. The Kier molecular flexibility index (Phi) is 3.77. The highest BCUT2D eigenvalue weighted by molar-refractivity contribution is 5.99. The first-order valence-corrected chi connectivity index (χ1v) is 7.22. The molecule has 0 unspecified atom stereocenters. The van der Waals surface area contributed by atoms with Crippen LogP contribution >= 0.6 is 0 Å². The minimum absolute atomic E-state index is 0.0180. The lowest BCUT2D eigenvalue weighted by atomic mass is 10.1. The van der Waals surface area contributed by atoms with Crippen LogP contribution in [-0.2, 0) is 16.1 Å². The van der Waals surface area contributed by atoms with Crippen LogP contribution in [0.5, 0.6) is 5.75 Å². The number of aryl methyl sites for hydroxylation is 2. The van der Waals surface area contributed by atoms with E-state index >= 15 is 0 Å². The van der Waals surface area contributed by atoms with Crippen molar-refractivity contribution in [2.75, 3.05) is 16.8 Å². The Hall–Kier alpha value is -2.83. The fourth-order valence-electron chi connectivity index (χ4n) is 2.54. The second-order valence-electron chi connectivity index (χ2n) is 5.43. The van der Waals surface area contributed by atoms with E-state index in [1.54, 1.807) is 23.1 Å². The summed E-state index contributed by atoms with van der Waals surface area (Å²) in [6, 6.07) is 5.21. The normalized spacial score (nSPS) is 13.5. The molecule has 3 rings (SSSR count). The number of aromatic nitrogens is 1. The maximum atomic E-state index is 12.3. The number of hydrogen-bond acceptors (Lipinski definition) is 5. The molecule has 0 atom stereocenters. The minimum atomic E-state index is -0.176. The Morgan fingerprint density at radius 3 is 2.83 bits per heavy atom. The van der Waals surface area contributed by atoms with Crippen LogP contribution < -0.4 is 15.0 Å². The first-order chi connectivity index (χ1) is 11.0. The van der Waals surface area contributed by atoms with Crippen LogP contribution in [0, 0.1) is 13.8 Å². The number of carbonyl (C=O) groups is 2. The Morgan fingerprint density at radius 1 is 1.39 bits per heavy atom. The Morgan fingerprint density at radius 2 is 2.17 bits per heavy atom. The van der Waals surface area contributed by atoms with Crippen LogP contribution in [0.15, 0.2) is 22.7 Å². The summed E-state index contributed by atoms with van der Waals surface area (Å²) in [4.78, 5) is 25.2. The third kappa shape index (κ3) is 2.90. The van der Waals surface area contributed by atoms with Gasteiger partial charge in [0.2, 0.25) is 5.91 Å². The largest absolute Gasteiger partial charge is 0.482 e. The summed E-state index contributed by atoms with van der Waals surface area (Å²) < 4.78 is 10.6. The van der Waals surface area contributed by atoms with E-state index in [9.17, 15) is 9.59 Å². The van der Waals surface area contributed by atoms with E-state index in [0.29, 0.717) is 29.4 Å². The van der Waals surface area contributed by atoms with E-state index in [-0.39, 0.29) is 18.4 Å². The van der Waals surface area contributed by atoms with Gasteiger partial charge in [-0.05, 0) is 32.0 Å². The van der Waals surface area contributed by atoms with E-state index in [0.717, 1.165) is 11.3 Å². The van der Waals surface area contributed by atoms with Crippen molar-refractivity contribution in [1.29, 1.82) is 0 Å². The number of nitrogens with one attached hydrogen (secondary N) is 1. The number of anilines is 2. The molecule has 0 spiro atoms. The van der Waals surface area contributed by atoms with Gasteiger partial charge in [-0.3, -0.25) is 9.59 Å². The number of carbonyl (C=O) groups excluding carboxylic acids is 2. The third-order valence-corrected chi connectivity index (χ3v) is 3.72. The molecule has 0 fully saturated rings. The number of ether oxygens (including phenoxy) is 1. The van der Waals surface area contributed by atoms with Crippen LogP contribution in [0.3, 0.4) is 0 Å². The van der Waals surface area contributed by atoms with E-state index in [1.807, 2.05) is 13.8 Å². The van der Waals surface area contributed by atoms with Gasteiger partial charge >= 0.3 is 0 Å². The number of benzene rings is 1. The van der Waals surface area contributed by atoms with Gasteiger partial charge in [-0.15, -0.1) is 0 Å². The third-order valence-electron chi connectivity index (χ3n) is 3.72. The van der Waals surface area contributed by atoms with Gasteiger partial charge in [0.1, 0.15) is 11.5 Å². The van der Waals surface area contributed by atoms with Gasteiger partial charge in [-0.25, -0.2) is 0 Å². The topological polar surface area (TPSA) is 84.7 Å². The summed E-state index contributed by atoms with van der Waals surface area (Å²) in [5.74, 6) is 0.953. The van der Waals surface area contributed by atoms with E-state index in [1.165, 1.54) is 6.92 Å². The van der Waals surface area contributed by atoms with Crippen LogP contribution in [-0.4, -0.2) is 23.6 Å². The Bertz CT molecular complexity index is 762. The zero-order chi connectivity index (χ0) is 16.6. The molecule has 1 aromatic carbocycles.